The lowest BCUT2D eigenvalue weighted by molar-refractivity contribution is -0.176. The first-order valence-corrected chi connectivity index (χ1v) is 7.15. The number of carbonyl (C=O) groups is 2. The van der Waals surface area contributed by atoms with Crippen LogP contribution in [0.3, 0.4) is 0 Å². The van der Waals surface area contributed by atoms with Crippen LogP contribution < -0.4 is 10.6 Å². The zero-order valence-electron chi connectivity index (χ0n) is 13.0. The molecule has 0 aliphatic rings. The summed E-state index contributed by atoms with van der Waals surface area (Å²) in [5.74, 6) is -0.237. The summed E-state index contributed by atoms with van der Waals surface area (Å²) in [4.78, 5) is 28.3. The molecule has 0 saturated heterocycles. The van der Waals surface area contributed by atoms with Gasteiger partial charge in [0.1, 0.15) is 6.73 Å². The fraction of sp³-hybridized carbons (Fsp3) is 0.467. The maximum Gasteiger partial charge on any atom is 0.251 e. The molecule has 0 atom stereocenters. The molecule has 0 aromatic heterocycles. The van der Waals surface area contributed by atoms with Crippen LogP contribution >= 0.6 is 0 Å². The number of aliphatic hydroxyl groups excluding tert-OH is 1. The summed E-state index contributed by atoms with van der Waals surface area (Å²) >= 11 is 0. The molecule has 0 bridgehead atoms. The van der Waals surface area contributed by atoms with Gasteiger partial charge in [-0.1, -0.05) is 19.1 Å². The molecule has 122 valence electrons. The second-order valence-electron chi connectivity index (χ2n) is 4.69. The Morgan fingerprint density at radius 3 is 2.77 bits per heavy atom. The number of hydrogen-bond acceptors (Lipinski definition) is 5. The molecule has 0 radical (unpaired) electrons. The van der Waals surface area contributed by atoms with Crippen molar-refractivity contribution >= 4 is 11.8 Å². The van der Waals surface area contributed by atoms with Gasteiger partial charge in [0.2, 0.25) is 5.91 Å². The van der Waals surface area contributed by atoms with Crippen molar-refractivity contribution in [1.82, 2.24) is 15.7 Å². The summed E-state index contributed by atoms with van der Waals surface area (Å²) in [5, 5.41) is 15.5. The minimum Gasteiger partial charge on any atom is -0.379 e. The van der Waals surface area contributed by atoms with Crippen LogP contribution in [-0.4, -0.2) is 48.9 Å². The first-order chi connectivity index (χ1) is 10.6. The van der Waals surface area contributed by atoms with Crippen LogP contribution in [0.15, 0.2) is 24.3 Å². The monoisotopic (exact) mass is 309 g/mol. The van der Waals surface area contributed by atoms with E-state index in [1.807, 2.05) is 6.07 Å². The molecule has 0 heterocycles. The Bertz CT molecular complexity index is 493. The van der Waals surface area contributed by atoms with E-state index in [0.29, 0.717) is 25.1 Å². The average molecular weight is 309 g/mol. The summed E-state index contributed by atoms with van der Waals surface area (Å²) in [5.41, 5.74) is 1.39. The van der Waals surface area contributed by atoms with Crippen LogP contribution in [0.5, 0.6) is 0 Å². The van der Waals surface area contributed by atoms with E-state index in [4.69, 9.17) is 9.94 Å². The maximum atomic E-state index is 12.0. The molecule has 22 heavy (non-hydrogen) atoms. The van der Waals surface area contributed by atoms with E-state index in [0.717, 1.165) is 5.56 Å². The molecule has 2 amide bonds. The molecule has 0 saturated carbocycles. The van der Waals surface area contributed by atoms with Crippen molar-refractivity contribution in [1.29, 1.82) is 0 Å². The maximum absolute atomic E-state index is 12.0. The van der Waals surface area contributed by atoms with Crippen molar-refractivity contribution in [3.63, 3.8) is 0 Å². The van der Waals surface area contributed by atoms with E-state index >= 15 is 0 Å². The third kappa shape index (κ3) is 6.66. The number of nitrogens with one attached hydrogen (secondary N) is 2. The summed E-state index contributed by atoms with van der Waals surface area (Å²) < 4.78 is 0. The van der Waals surface area contributed by atoms with Gasteiger partial charge in [-0.2, -0.15) is 5.06 Å². The highest BCUT2D eigenvalue weighted by Crippen LogP contribution is 2.05. The first kappa shape index (κ1) is 18.1. The Balaban J connectivity index is 2.43. The van der Waals surface area contributed by atoms with Crippen LogP contribution in [0.1, 0.15) is 29.3 Å². The van der Waals surface area contributed by atoms with Crippen molar-refractivity contribution in [3.05, 3.63) is 35.4 Å². The Hall–Kier alpha value is -1.96. The molecule has 1 aromatic carbocycles. The Kier molecular flexibility index (Phi) is 8.13. The number of nitrogens with zero attached hydrogens (tertiary/aromatic N) is 1. The summed E-state index contributed by atoms with van der Waals surface area (Å²) in [7, 11) is 1.59. The predicted molar refractivity (Wildman–Crippen MR) is 81.7 cm³/mol. The summed E-state index contributed by atoms with van der Waals surface area (Å²) in [6.07, 6.45) is 0.433. The number of carbonyl (C=O) groups excluding carboxylic acids is 2. The molecule has 0 aliphatic heterocycles. The third-order valence-electron chi connectivity index (χ3n) is 2.90. The van der Waals surface area contributed by atoms with E-state index in [1.54, 1.807) is 32.2 Å². The van der Waals surface area contributed by atoms with Gasteiger partial charge in [0.15, 0.2) is 0 Å². The predicted octanol–water partition coefficient (Wildman–Crippen LogP) is 0.256. The molecule has 0 fully saturated rings. The van der Waals surface area contributed by atoms with Crippen molar-refractivity contribution in [2.75, 3.05) is 26.9 Å². The fourth-order valence-corrected chi connectivity index (χ4v) is 1.66. The van der Waals surface area contributed by atoms with E-state index in [-0.39, 0.29) is 25.2 Å². The van der Waals surface area contributed by atoms with Crippen LogP contribution in [0.4, 0.5) is 0 Å². The van der Waals surface area contributed by atoms with E-state index in [1.165, 1.54) is 5.06 Å². The quantitative estimate of drug-likeness (QED) is 0.346. The van der Waals surface area contributed by atoms with Crippen molar-refractivity contribution in [2.24, 2.45) is 0 Å². The van der Waals surface area contributed by atoms with Gasteiger partial charge < -0.3 is 15.7 Å². The average Bonchev–Trinajstić information content (AvgIpc) is 2.56. The van der Waals surface area contributed by atoms with Crippen LogP contribution in [0, 0.1) is 0 Å². The van der Waals surface area contributed by atoms with Gasteiger partial charge in [-0.05, 0) is 17.7 Å². The summed E-state index contributed by atoms with van der Waals surface area (Å²) in [6, 6.07) is 7.08. The molecular weight excluding hydrogens is 286 g/mol. The lowest BCUT2D eigenvalue weighted by Crippen LogP contribution is -2.30. The number of aliphatic hydroxyl groups is 1. The van der Waals surface area contributed by atoms with E-state index in [9.17, 15) is 9.59 Å². The normalized spacial score (nSPS) is 10.5. The zero-order chi connectivity index (χ0) is 16.4. The van der Waals surface area contributed by atoms with Crippen LogP contribution in [-0.2, 0) is 16.2 Å². The molecule has 0 unspecified atom stereocenters. The first-order valence-electron chi connectivity index (χ1n) is 7.15. The highest BCUT2D eigenvalue weighted by molar-refractivity contribution is 5.94. The van der Waals surface area contributed by atoms with Crippen molar-refractivity contribution in [2.45, 2.75) is 19.9 Å². The van der Waals surface area contributed by atoms with Gasteiger partial charge in [0.05, 0.1) is 6.61 Å². The minimum atomic E-state index is -0.209. The number of hydroxylamine groups is 2. The molecule has 1 aromatic rings. The SMILES string of the molecule is CCC(=O)NCc1cccc(C(=O)NCCON(C)CO)c1. The zero-order valence-corrected chi connectivity index (χ0v) is 13.0. The molecular formula is C15H23N3O4. The smallest absolute Gasteiger partial charge is 0.251 e. The Morgan fingerprint density at radius 1 is 1.32 bits per heavy atom. The van der Waals surface area contributed by atoms with Gasteiger partial charge in [0, 0.05) is 32.1 Å². The van der Waals surface area contributed by atoms with Gasteiger partial charge in [-0.3, -0.25) is 14.4 Å². The largest absolute Gasteiger partial charge is 0.379 e. The lowest BCUT2D eigenvalue weighted by Gasteiger charge is -2.13. The van der Waals surface area contributed by atoms with Gasteiger partial charge >= 0.3 is 0 Å². The molecule has 0 aliphatic carbocycles. The van der Waals surface area contributed by atoms with Gasteiger partial charge in [-0.15, -0.1) is 0 Å². The van der Waals surface area contributed by atoms with Crippen molar-refractivity contribution < 1.29 is 19.5 Å². The third-order valence-corrected chi connectivity index (χ3v) is 2.90. The highest BCUT2D eigenvalue weighted by Gasteiger charge is 2.06. The standard InChI is InChI=1S/C15H23N3O4/c1-3-14(20)17-10-12-5-4-6-13(9-12)15(21)16-7-8-22-18(2)11-19/h4-6,9,19H,3,7-8,10-11H2,1-2H3,(H,16,21)(H,17,20). The minimum absolute atomic E-state index is 0.0278. The molecule has 7 heteroatoms. The number of rotatable bonds is 9. The lowest BCUT2D eigenvalue weighted by atomic mass is 10.1. The molecule has 1 rings (SSSR count). The molecule has 7 nitrogen and oxygen atoms in total. The van der Waals surface area contributed by atoms with Crippen LogP contribution in [0.25, 0.3) is 0 Å². The number of hydrogen-bond donors (Lipinski definition) is 3. The van der Waals surface area contributed by atoms with E-state index in [2.05, 4.69) is 10.6 Å². The van der Waals surface area contributed by atoms with Crippen molar-refractivity contribution in [3.8, 4) is 0 Å². The summed E-state index contributed by atoms with van der Waals surface area (Å²) in [6.45, 7) is 2.59. The topological polar surface area (TPSA) is 90.9 Å². The second-order valence-corrected chi connectivity index (χ2v) is 4.69. The Morgan fingerprint density at radius 2 is 2.09 bits per heavy atom. The fourth-order valence-electron chi connectivity index (χ4n) is 1.66. The van der Waals surface area contributed by atoms with Crippen LogP contribution in [0.2, 0.25) is 0 Å². The Labute approximate surface area is 130 Å². The second kappa shape index (κ2) is 9.88. The van der Waals surface area contributed by atoms with Gasteiger partial charge in [-0.25, -0.2) is 0 Å². The molecule has 3 N–H and O–H groups in total. The molecule has 0 spiro atoms. The van der Waals surface area contributed by atoms with E-state index < -0.39 is 0 Å². The number of amides is 2. The number of benzene rings is 1. The van der Waals surface area contributed by atoms with Gasteiger partial charge in [0.25, 0.3) is 5.91 Å². The highest BCUT2D eigenvalue weighted by atomic mass is 16.7.